The highest BCUT2D eigenvalue weighted by Gasteiger charge is 2.21. The maximum atomic E-state index is 12.6. The van der Waals surface area contributed by atoms with Crippen LogP contribution in [0.3, 0.4) is 0 Å². The molecule has 1 saturated heterocycles. The van der Waals surface area contributed by atoms with E-state index < -0.39 is 0 Å². The molecule has 0 bridgehead atoms. The Bertz CT molecular complexity index is 1090. The smallest absolute Gasteiger partial charge is 0.254 e. The summed E-state index contributed by atoms with van der Waals surface area (Å²) >= 11 is 0. The van der Waals surface area contributed by atoms with E-state index in [2.05, 4.69) is 44.5 Å². The van der Waals surface area contributed by atoms with E-state index >= 15 is 0 Å². The van der Waals surface area contributed by atoms with Gasteiger partial charge in [-0.05, 0) is 31.7 Å². The first-order valence-electron chi connectivity index (χ1n) is 11.3. The molecule has 6 heteroatoms. The molecule has 1 aromatic heterocycles. The number of nitrogens with one attached hydrogen (secondary N) is 2. The van der Waals surface area contributed by atoms with Gasteiger partial charge >= 0.3 is 0 Å². The van der Waals surface area contributed by atoms with Gasteiger partial charge in [0.25, 0.3) is 5.56 Å². The number of carbonyl (C=O) groups is 1. The summed E-state index contributed by atoms with van der Waals surface area (Å²) in [6.45, 7) is 4.74. The Morgan fingerprint density at radius 2 is 1.72 bits per heavy atom. The number of likely N-dealkylation sites (tertiary alicyclic amines) is 1. The number of aryl methyl sites for hydroxylation is 1. The van der Waals surface area contributed by atoms with E-state index in [0.29, 0.717) is 29.9 Å². The van der Waals surface area contributed by atoms with Gasteiger partial charge in [-0.25, -0.2) is 4.98 Å². The van der Waals surface area contributed by atoms with Crippen LogP contribution >= 0.6 is 0 Å². The number of H-pyrrole nitrogens is 1. The van der Waals surface area contributed by atoms with Crippen LogP contribution in [-0.4, -0.2) is 39.9 Å². The summed E-state index contributed by atoms with van der Waals surface area (Å²) < 4.78 is 0. The molecule has 2 aromatic carbocycles. The molecule has 32 heavy (non-hydrogen) atoms. The van der Waals surface area contributed by atoms with E-state index in [4.69, 9.17) is 0 Å². The van der Waals surface area contributed by atoms with Crippen LogP contribution in [0.4, 0.5) is 0 Å². The molecule has 2 heterocycles. The second-order valence-electron chi connectivity index (χ2n) is 8.45. The Balaban J connectivity index is 1.26. The fourth-order valence-corrected chi connectivity index (χ4v) is 4.25. The van der Waals surface area contributed by atoms with Crippen molar-refractivity contribution in [2.75, 3.05) is 13.1 Å². The summed E-state index contributed by atoms with van der Waals surface area (Å²) in [5.41, 5.74) is 3.28. The zero-order chi connectivity index (χ0) is 22.3. The number of benzene rings is 2. The quantitative estimate of drug-likeness (QED) is 0.602. The van der Waals surface area contributed by atoms with Crippen LogP contribution in [0.1, 0.15) is 36.1 Å². The summed E-state index contributed by atoms with van der Waals surface area (Å²) in [4.78, 5) is 34.9. The first-order chi connectivity index (χ1) is 15.6. The van der Waals surface area contributed by atoms with Crippen molar-refractivity contribution in [3.63, 3.8) is 0 Å². The van der Waals surface area contributed by atoms with Gasteiger partial charge < -0.3 is 10.3 Å². The van der Waals surface area contributed by atoms with E-state index in [-0.39, 0.29) is 17.5 Å². The number of aromatic nitrogens is 2. The maximum absolute atomic E-state index is 12.6. The predicted octanol–water partition coefficient (Wildman–Crippen LogP) is 3.46. The van der Waals surface area contributed by atoms with Crippen LogP contribution in [0.5, 0.6) is 0 Å². The topological polar surface area (TPSA) is 78.1 Å². The van der Waals surface area contributed by atoms with E-state index in [1.54, 1.807) is 0 Å². The Hall–Kier alpha value is -3.25. The molecule has 1 aliphatic heterocycles. The highest BCUT2D eigenvalue weighted by atomic mass is 16.1. The van der Waals surface area contributed by atoms with E-state index in [1.807, 2.05) is 43.3 Å². The van der Waals surface area contributed by atoms with Crippen LogP contribution in [0.25, 0.3) is 11.4 Å². The standard InChI is InChI=1S/C26H30N4O2/c1-19-23(26(32)29-25(27-19)21-10-6-3-7-11-21)12-13-24(31)28-22-14-16-30(17-15-22)18-20-8-4-2-5-9-20/h2-11,22H,12-18H2,1H3,(H,28,31)(H,27,29,32). The first-order valence-corrected chi connectivity index (χ1v) is 11.3. The molecule has 4 rings (SSSR count). The van der Waals surface area contributed by atoms with Crippen molar-refractivity contribution < 1.29 is 4.79 Å². The summed E-state index contributed by atoms with van der Waals surface area (Å²) in [5.74, 6) is 0.556. The van der Waals surface area contributed by atoms with Crippen LogP contribution in [-0.2, 0) is 17.8 Å². The zero-order valence-electron chi connectivity index (χ0n) is 18.5. The average Bonchev–Trinajstić information content (AvgIpc) is 2.81. The maximum Gasteiger partial charge on any atom is 0.254 e. The average molecular weight is 431 g/mol. The molecule has 0 atom stereocenters. The van der Waals surface area contributed by atoms with Crippen LogP contribution in [0, 0.1) is 6.92 Å². The normalized spacial score (nSPS) is 14.9. The van der Waals surface area contributed by atoms with Crippen molar-refractivity contribution in [2.45, 2.75) is 45.2 Å². The Morgan fingerprint density at radius 1 is 1.06 bits per heavy atom. The number of hydrogen-bond acceptors (Lipinski definition) is 4. The Labute approximate surface area is 188 Å². The highest BCUT2D eigenvalue weighted by Crippen LogP contribution is 2.16. The van der Waals surface area contributed by atoms with Crippen molar-refractivity contribution in [2.24, 2.45) is 0 Å². The number of nitrogens with zero attached hydrogens (tertiary/aromatic N) is 2. The van der Waals surface area contributed by atoms with Gasteiger partial charge in [-0.2, -0.15) is 0 Å². The van der Waals surface area contributed by atoms with Gasteiger partial charge in [0.1, 0.15) is 5.82 Å². The van der Waals surface area contributed by atoms with Crippen molar-refractivity contribution in [1.82, 2.24) is 20.2 Å². The lowest BCUT2D eigenvalue weighted by molar-refractivity contribution is -0.122. The molecular weight excluding hydrogens is 400 g/mol. The third kappa shape index (κ3) is 5.71. The minimum absolute atomic E-state index is 0.00237. The zero-order valence-corrected chi connectivity index (χ0v) is 18.5. The van der Waals surface area contributed by atoms with Crippen molar-refractivity contribution >= 4 is 5.91 Å². The van der Waals surface area contributed by atoms with E-state index in [9.17, 15) is 9.59 Å². The van der Waals surface area contributed by atoms with Crippen LogP contribution in [0.15, 0.2) is 65.5 Å². The lowest BCUT2D eigenvalue weighted by atomic mass is 10.0. The van der Waals surface area contributed by atoms with Gasteiger partial charge in [0.05, 0.1) is 0 Å². The third-order valence-electron chi connectivity index (χ3n) is 6.07. The molecule has 0 saturated carbocycles. The monoisotopic (exact) mass is 430 g/mol. The molecule has 1 amide bonds. The van der Waals surface area contributed by atoms with Crippen LogP contribution < -0.4 is 10.9 Å². The molecule has 1 fully saturated rings. The molecule has 2 N–H and O–H groups in total. The summed E-state index contributed by atoms with van der Waals surface area (Å²) in [7, 11) is 0. The third-order valence-corrected chi connectivity index (χ3v) is 6.07. The largest absolute Gasteiger partial charge is 0.353 e. The first kappa shape index (κ1) is 22.0. The SMILES string of the molecule is Cc1nc(-c2ccccc2)[nH]c(=O)c1CCC(=O)NC1CCN(Cc2ccccc2)CC1. The van der Waals surface area contributed by atoms with Gasteiger partial charge in [-0.3, -0.25) is 14.5 Å². The van der Waals surface area contributed by atoms with Gasteiger partial charge in [0, 0.05) is 48.9 Å². The number of aromatic amines is 1. The van der Waals surface area contributed by atoms with Crippen molar-refractivity contribution in [3.8, 4) is 11.4 Å². The van der Waals surface area contributed by atoms with Gasteiger partial charge in [0.2, 0.25) is 5.91 Å². The number of hydrogen-bond donors (Lipinski definition) is 2. The molecule has 1 aliphatic rings. The number of amides is 1. The Kier molecular flexibility index (Phi) is 7.12. The molecule has 0 spiro atoms. The Morgan fingerprint density at radius 3 is 2.38 bits per heavy atom. The fourth-order valence-electron chi connectivity index (χ4n) is 4.25. The molecule has 6 nitrogen and oxygen atoms in total. The highest BCUT2D eigenvalue weighted by molar-refractivity contribution is 5.76. The minimum Gasteiger partial charge on any atom is -0.353 e. The molecule has 0 aliphatic carbocycles. The lowest BCUT2D eigenvalue weighted by Gasteiger charge is -2.32. The lowest BCUT2D eigenvalue weighted by Crippen LogP contribution is -2.44. The number of rotatable bonds is 7. The molecule has 0 radical (unpaired) electrons. The number of carbonyl (C=O) groups excluding carboxylic acids is 1. The second-order valence-corrected chi connectivity index (χ2v) is 8.45. The summed E-state index contributed by atoms with van der Waals surface area (Å²) in [5, 5.41) is 3.15. The number of piperidine rings is 1. The summed E-state index contributed by atoms with van der Waals surface area (Å²) in [6.07, 6.45) is 2.58. The van der Waals surface area contributed by atoms with Crippen molar-refractivity contribution in [1.29, 1.82) is 0 Å². The molecular formula is C26H30N4O2. The second kappa shape index (κ2) is 10.4. The van der Waals surface area contributed by atoms with Crippen LogP contribution in [0.2, 0.25) is 0 Å². The van der Waals surface area contributed by atoms with Gasteiger partial charge in [-0.1, -0.05) is 60.7 Å². The molecule has 166 valence electrons. The molecule has 3 aromatic rings. The predicted molar refractivity (Wildman–Crippen MR) is 126 cm³/mol. The van der Waals surface area contributed by atoms with Gasteiger partial charge in [0.15, 0.2) is 0 Å². The minimum atomic E-state index is -0.168. The van der Waals surface area contributed by atoms with E-state index in [0.717, 1.165) is 38.0 Å². The van der Waals surface area contributed by atoms with E-state index in [1.165, 1.54) is 5.56 Å². The fraction of sp³-hybridized carbons (Fsp3) is 0.346. The molecule has 0 unspecified atom stereocenters. The van der Waals surface area contributed by atoms with Crippen molar-refractivity contribution in [3.05, 3.63) is 87.8 Å². The van der Waals surface area contributed by atoms with Gasteiger partial charge in [-0.15, -0.1) is 0 Å². The summed E-state index contributed by atoms with van der Waals surface area (Å²) in [6, 6.07) is 20.3.